The Hall–Kier alpha value is -2.40. The summed E-state index contributed by atoms with van der Waals surface area (Å²) in [6, 6.07) is 12.8. The zero-order valence-electron chi connectivity index (χ0n) is 14.2. The molecule has 0 spiro atoms. The summed E-state index contributed by atoms with van der Waals surface area (Å²) < 4.78 is 5.67. The van der Waals surface area contributed by atoms with Gasteiger partial charge in [-0.25, -0.2) is 0 Å². The molecule has 1 aliphatic carbocycles. The van der Waals surface area contributed by atoms with E-state index in [-0.39, 0.29) is 12.0 Å². The number of aliphatic hydroxyl groups is 1. The van der Waals surface area contributed by atoms with Gasteiger partial charge in [0.15, 0.2) is 0 Å². The number of nitrogens with zero attached hydrogens (tertiary/aromatic N) is 1. The van der Waals surface area contributed by atoms with Crippen LogP contribution in [0.5, 0.6) is 5.75 Å². The second-order valence-electron chi connectivity index (χ2n) is 6.53. The third-order valence-electron chi connectivity index (χ3n) is 4.54. The van der Waals surface area contributed by atoms with Gasteiger partial charge in [-0.2, -0.15) is 0 Å². The smallest absolute Gasteiger partial charge is 0.251 e. The normalized spacial score (nSPS) is 20.0. The number of aromatic nitrogens is 1. The summed E-state index contributed by atoms with van der Waals surface area (Å²) in [6.07, 6.45) is 5.27. The van der Waals surface area contributed by atoms with E-state index in [1.165, 1.54) is 0 Å². The Balaban J connectivity index is 1.47. The first kappa shape index (κ1) is 17.4. The second kappa shape index (κ2) is 8.62. The van der Waals surface area contributed by atoms with E-state index in [4.69, 9.17) is 4.74 Å². The molecule has 2 N–H and O–H groups in total. The van der Waals surface area contributed by atoms with Gasteiger partial charge >= 0.3 is 0 Å². The van der Waals surface area contributed by atoms with E-state index in [1.807, 2.05) is 18.2 Å². The quantitative estimate of drug-likeness (QED) is 0.848. The van der Waals surface area contributed by atoms with Gasteiger partial charge in [-0.1, -0.05) is 12.5 Å². The van der Waals surface area contributed by atoms with Gasteiger partial charge in [0.2, 0.25) is 0 Å². The van der Waals surface area contributed by atoms with Gasteiger partial charge in [0.1, 0.15) is 12.4 Å². The van der Waals surface area contributed by atoms with Gasteiger partial charge in [-0.15, -0.1) is 0 Å². The number of aliphatic hydroxyl groups excluding tert-OH is 1. The Morgan fingerprint density at radius 1 is 1.20 bits per heavy atom. The molecule has 5 nitrogen and oxygen atoms in total. The van der Waals surface area contributed by atoms with E-state index in [1.54, 1.807) is 30.5 Å². The van der Waals surface area contributed by atoms with E-state index in [0.29, 0.717) is 30.4 Å². The van der Waals surface area contributed by atoms with Crippen LogP contribution in [0.15, 0.2) is 48.7 Å². The molecule has 2 unspecified atom stereocenters. The first-order valence-corrected chi connectivity index (χ1v) is 8.80. The van der Waals surface area contributed by atoms with E-state index >= 15 is 0 Å². The van der Waals surface area contributed by atoms with E-state index in [2.05, 4.69) is 10.3 Å². The van der Waals surface area contributed by atoms with Gasteiger partial charge in [0.05, 0.1) is 11.8 Å². The number of hydrogen-bond acceptors (Lipinski definition) is 4. The minimum atomic E-state index is -0.216. The van der Waals surface area contributed by atoms with Crippen molar-refractivity contribution in [2.45, 2.75) is 38.4 Å². The van der Waals surface area contributed by atoms with Crippen molar-refractivity contribution in [3.8, 4) is 5.75 Å². The average molecular weight is 340 g/mol. The number of carbonyl (C=O) groups is 1. The van der Waals surface area contributed by atoms with E-state index in [9.17, 15) is 9.90 Å². The maximum Gasteiger partial charge on any atom is 0.251 e. The fourth-order valence-electron chi connectivity index (χ4n) is 3.13. The van der Waals surface area contributed by atoms with Crippen molar-refractivity contribution in [2.75, 3.05) is 6.54 Å². The molecule has 0 radical (unpaired) electrons. The predicted octanol–water partition coefficient (Wildman–Crippen LogP) is 2.94. The molecule has 1 aromatic carbocycles. The largest absolute Gasteiger partial charge is 0.487 e. The molecule has 1 aromatic heterocycles. The minimum Gasteiger partial charge on any atom is -0.487 e. The van der Waals surface area contributed by atoms with Crippen LogP contribution in [0.25, 0.3) is 0 Å². The number of carbonyl (C=O) groups excluding carboxylic acids is 1. The van der Waals surface area contributed by atoms with Gasteiger partial charge in [-0.05, 0) is 61.6 Å². The molecular formula is C20H24N2O3. The summed E-state index contributed by atoms with van der Waals surface area (Å²) in [4.78, 5) is 16.4. The lowest BCUT2D eigenvalue weighted by atomic mass is 9.87. The highest BCUT2D eigenvalue weighted by atomic mass is 16.5. The maximum absolute atomic E-state index is 12.2. The molecule has 5 heteroatoms. The van der Waals surface area contributed by atoms with Crippen LogP contribution >= 0.6 is 0 Å². The standard InChI is InChI=1S/C20H24N2O3/c23-18-6-3-4-15(12-18)13-22-20(24)16-7-9-19(10-8-16)25-14-17-5-1-2-11-21-17/h1-2,5,7-11,15,18,23H,3-4,6,12-14H2,(H,22,24). The second-order valence-corrected chi connectivity index (χ2v) is 6.53. The highest BCUT2D eigenvalue weighted by molar-refractivity contribution is 5.94. The van der Waals surface area contributed by atoms with Crippen LogP contribution in [0, 0.1) is 5.92 Å². The first-order chi connectivity index (χ1) is 12.2. The fourth-order valence-corrected chi connectivity index (χ4v) is 3.13. The lowest BCUT2D eigenvalue weighted by molar-refractivity contribution is 0.0874. The Kier molecular flexibility index (Phi) is 6.01. The van der Waals surface area contributed by atoms with Crippen molar-refractivity contribution in [3.05, 3.63) is 59.9 Å². The number of hydrogen-bond donors (Lipinski definition) is 2. The Morgan fingerprint density at radius 2 is 2.04 bits per heavy atom. The summed E-state index contributed by atoms with van der Waals surface area (Å²) in [5, 5.41) is 12.7. The number of pyridine rings is 1. The van der Waals surface area contributed by atoms with E-state index in [0.717, 1.165) is 31.4 Å². The monoisotopic (exact) mass is 340 g/mol. The fraction of sp³-hybridized carbons (Fsp3) is 0.400. The molecule has 132 valence electrons. The molecule has 0 bridgehead atoms. The van der Waals surface area contributed by atoms with Crippen molar-refractivity contribution < 1.29 is 14.6 Å². The van der Waals surface area contributed by atoms with Crippen LogP contribution in [-0.2, 0) is 6.61 Å². The van der Waals surface area contributed by atoms with Crippen molar-refractivity contribution in [1.82, 2.24) is 10.3 Å². The Labute approximate surface area is 148 Å². The highest BCUT2D eigenvalue weighted by Gasteiger charge is 2.20. The van der Waals surface area contributed by atoms with Crippen molar-refractivity contribution in [2.24, 2.45) is 5.92 Å². The Bertz CT molecular complexity index is 673. The van der Waals surface area contributed by atoms with Crippen molar-refractivity contribution >= 4 is 5.91 Å². The average Bonchev–Trinajstić information content (AvgIpc) is 2.66. The summed E-state index contributed by atoms with van der Waals surface area (Å²) in [5.74, 6) is 0.989. The predicted molar refractivity (Wildman–Crippen MR) is 95.3 cm³/mol. The molecule has 1 fully saturated rings. The van der Waals surface area contributed by atoms with Crippen LogP contribution in [0.1, 0.15) is 41.7 Å². The third kappa shape index (κ3) is 5.29. The number of benzene rings is 1. The number of nitrogens with one attached hydrogen (secondary N) is 1. The molecule has 3 rings (SSSR count). The highest BCUT2D eigenvalue weighted by Crippen LogP contribution is 2.23. The molecule has 2 aromatic rings. The van der Waals surface area contributed by atoms with Crippen LogP contribution in [0.3, 0.4) is 0 Å². The molecule has 1 aliphatic rings. The lowest BCUT2D eigenvalue weighted by Gasteiger charge is -2.25. The minimum absolute atomic E-state index is 0.0867. The van der Waals surface area contributed by atoms with Gasteiger partial charge in [0, 0.05) is 18.3 Å². The van der Waals surface area contributed by atoms with Crippen LogP contribution in [0.2, 0.25) is 0 Å². The summed E-state index contributed by atoms with van der Waals surface area (Å²) in [5.41, 5.74) is 1.47. The van der Waals surface area contributed by atoms with Crippen LogP contribution in [0.4, 0.5) is 0 Å². The Morgan fingerprint density at radius 3 is 2.76 bits per heavy atom. The first-order valence-electron chi connectivity index (χ1n) is 8.80. The lowest BCUT2D eigenvalue weighted by Crippen LogP contribution is -2.32. The molecular weight excluding hydrogens is 316 g/mol. The van der Waals surface area contributed by atoms with Crippen LogP contribution < -0.4 is 10.1 Å². The topological polar surface area (TPSA) is 71.5 Å². The summed E-state index contributed by atoms with van der Waals surface area (Å²) in [7, 11) is 0. The number of ether oxygens (including phenoxy) is 1. The molecule has 25 heavy (non-hydrogen) atoms. The molecule has 1 heterocycles. The number of rotatable bonds is 6. The zero-order valence-corrected chi connectivity index (χ0v) is 14.2. The SMILES string of the molecule is O=C(NCC1CCCC(O)C1)c1ccc(OCc2ccccn2)cc1. The summed E-state index contributed by atoms with van der Waals surface area (Å²) >= 11 is 0. The van der Waals surface area contributed by atoms with Crippen molar-refractivity contribution in [3.63, 3.8) is 0 Å². The maximum atomic E-state index is 12.2. The van der Waals surface area contributed by atoms with Gasteiger partial charge in [-0.3, -0.25) is 9.78 Å². The molecule has 0 aliphatic heterocycles. The third-order valence-corrected chi connectivity index (χ3v) is 4.54. The van der Waals surface area contributed by atoms with Crippen LogP contribution in [-0.4, -0.2) is 28.6 Å². The van der Waals surface area contributed by atoms with Gasteiger partial charge in [0.25, 0.3) is 5.91 Å². The summed E-state index contributed by atoms with van der Waals surface area (Å²) in [6.45, 7) is 1.02. The molecule has 1 saturated carbocycles. The van der Waals surface area contributed by atoms with Gasteiger partial charge < -0.3 is 15.2 Å². The van der Waals surface area contributed by atoms with Crippen molar-refractivity contribution in [1.29, 1.82) is 0 Å². The number of amides is 1. The van der Waals surface area contributed by atoms with E-state index < -0.39 is 0 Å². The molecule has 1 amide bonds. The zero-order chi connectivity index (χ0) is 17.5. The molecule has 2 atom stereocenters. The molecule has 0 saturated heterocycles.